The SMILES string of the molecule is COCOCc1c(OC)ccc(OC)c1-c1c(OC)ccc(C2(O)c3c(OC)cc(C)cc3C2(OC)OC)c1OC. The van der Waals surface area contributed by atoms with Gasteiger partial charge in [-0.3, -0.25) is 0 Å². The fourth-order valence-electron chi connectivity index (χ4n) is 5.84. The van der Waals surface area contributed by atoms with Gasteiger partial charge in [-0.1, -0.05) is 0 Å². The summed E-state index contributed by atoms with van der Waals surface area (Å²) in [6.45, 7) is 2.12. The average molecular weight is 571 g/mol. The summed E-state index contributed by atoms with van der Waals surface area (Å²) in [7, 11) is 12.3. The summed E-state index contributed by atoms with van der Waals surface area (Å²) >= 11 is 0. The predicted octanol–water partition coefficient (Wildman–Crippen LogP) is 4.52. The van der Waals surface area contributed by atoms with Gasteiger partial charge in [-0.05, 0) is 48.9 Å². The second-order valence-corrected chi connectivity index (χ2v) is 9.43. The molecule has 1 aliphatic carbocycles. The lowest BCUT2D eigenvalue weighted by molar-refractivity contribution is -0.328. The molecule has 3 aromatic rings. The molecule has 3 aromatic carbocycles. The van der Waals surface area contributed by atoms with Crippen LogP contribution in [0.4, 0.5) is 0 Å². The van der Waals surface area contributed by atoms with E-state index in [1.807, 2.05) is 19.1 Å². The van der Waals surface area contributed by atoms with Gasteiger partial charge in [0.2, 0.25) is 5.79 Å². The molecule has 222 valence electrons. The van der Waals surface area contributed by atoms with Crippen LogP contribution < -0.4 is 23.7 Å². The molecule has 1 N–H and O–H groups in total. The van der Waals surface area contributed by atoms with Crippen LogP contribution in [0.25, 0.3) is 11.1 Å². The van der Waals surface area contributed by atoms with Gasteiger partial charge >= 0.3 is 0 Å². The van der Waals surface area contributed by atoms with Crippen LogP contribution in [-0.4, -0.2) is 68.8 Å². The molecular formula is C31H38O10. The monoisotopic (exact) mass is 570 g/mol. The number of aryl methyl sites for hydroxylation is 1. The van der Waals surface area contributed by atoms with Gasteiger partial charge in [0.05, 0.1) is 47.7 Å². The van der Waals surface area contributed by atoms with Crippen molar-refractivity contribution in [2.45, 2.75) is 24.9 Å². The zero-order valence-corrected chi connectivity index (χ0v) is 25.0. The first-order valence-electron chi connectivity index (χ1n) is 12.9. The Morgan fingerprint density at radius 2 is 1.24 bits per heavy atom. The number of fused-ring (bicyclic) bond motifs is 1. The molecule has 0 fully saturated rings. The standard InChI is InChI=1S/C31H38O10/c1-18-14-21-28(25(15-18)37-6)30(32,31(21,39-8)40-9)20-10-11-24(36-5)27(29(20)38-7)26-19(16-41-17-33-2)22(34-3)12-13-23(26)35-4/h10-15,32H,16-17H2,1-9H3. The highest BCUT2D eigenvalue weighted by atomic mass is 16.7. The van der Waals surface area contributed by atoms with Crippen LogP contribution in [-0.2, 0) is 36.9 Å². The molecule has 1 aliphatic rings. The Bertz CT molecular complexity index is 1400. The summed E-state index contributed by atoms with van der Waals surface area (Å²) in [6.07, 6.45) is 0. The summed E-state index contributed by atoms with van der Waals surface area (Å²) in [6, 6.07) is 10.8. The zero-order chi connectivity index (χ0) is 29.9. The molecule has 1 atom stereocenters. The van der Waals surface area contributed by atoms with Crippen molar-refractivity contribution < 1.29 is 47.7 Å². The quantitative estimate of drug-likeness (QED) is 0.233. The van der Waals surface area contributed by atoms with Crippen molar-refractivity contribution in [3.05, 3.63) is 64.2 Å². The summed E-state index contributed by atoms with van der Waals surface area (Å²) in [5, 5.41) is 12.7. The summed E-state index contributed by atoms with van der Waals surface area (Å²) in [5.41, 5.74) is 2.35. The van der Waals surface area contributed by atoms with Crippen molar-refractivity contribution in [3.8, 4) is 39.9 Å². The maximum atomic E-state index is 12.7. The van der Waals surface area contributed by atoms with E-state index in [4.69, 9.17) is 42.6 Å². The van der Waals surface area contributed by atoms with Gasteiger partial charge in [0, 0.05) is 49.1 Å². The number of aliphatic hydroxyl groups is 1. The van der Waals surface area contributed by atoms with Crippen molar-refractivity contribution in [1.29, 1.82) is 0 Å². The van der Waals surface area contributed by atoms with E-state index in [9.17, 15) is 5.11 Å². The van der Waals surface area contributed by atoms with Gasteiger partial charge in [-0.2, -0.15) is 0 Å². The Hall–Kier alpha value is -3.54. The minimum absolute atomic E-state index is 0.0635. The van der Waals surface area contributed by atoms with Crippen molar-refractivity contribution in [1.82, 2.24) is 0 Å². The van der Waals surface area contributed by atoms with Crippen LogP contribution in [0, 0.1) is 6.92 Å². The Balaban J connectivity index is 2.12. The Labute approximate surface area is 240 Å². The molecule has 0 amide bonds. The highest BCUT2D eigenvalue weighted by Crippen LogP contribution is 2.65. The van der Waals surface area contributed by atoms with E-state index in [0.717, 1.165) is 5.56 Å². The fraction of sp³-hybridized carbons (Fsp3) is 0.419. The molecule has 1 unspecified atom stereocenters. The summed E-state index contributed by atoms with van der Waals surface area (Å²) in [5.74, 6) is 0.750. The molecule has 10 heteroatoms. The lowest BCUT2D eigenvalue weighted by Crippen LogP contribution is -2.61. The number of ether oxygens (including phenoxy) is 9. The maximum absolute atomic E-state index is 12.7. The molecule has 0 bridgehead atoms. The van der Waals surface area contributed by atoms with E-state index in [-0.39, 0.29) is 13.4 Å². The van der Waals surface area contributed by atoms with E-state index >= 15 is 0 Å². The van der Waals surface area contributed by atoms with Gasteiger partial charge < -0.3 is 47.7 Å². The van der Waals surface area contributed by atoms with Crippen LogP contribution in [0.3, 0.4) is 0 Å². The molecule has 4 rings (SSSR count). The third-order valence-corrected chi connectivity index (χ3v) is 7.54. The lowest BCUT2D eigenvalue weighted by Gasteiger charge is -2.55. The van der Waals surface area contributed by atoms with Gasteiger partial charge in [0.25, 0.3) is 0 Å². The summed E-state index contributed by atoms with van der Waals surface area (Å²) < 4.78 is 52.0. The number of rotatable bonds is 13. The van der Waals surface area contributed by atoms with E-state index in [0.29, 0.717) is 62.1 Å². The van der Waals surface area contributed by atoms with Gasteiger partial charge in [0.15, 0.2) is 5.60 Å². The first kappa shape index (κ1) is 30.4. The smallest absolute Gasteiger partial charge is 0.233 e. The third kappa shape index (κ3) is 4.47. The number of benzene rings is 3. The Morgan fingerprint density at radius 3 is 1.80 bits per heavy atom. The van der Waals surface area contributed by atoms with Crippen molar-refractivity contribution in [2.24, 2.45) is 0 Å². The van der Waals surface area contributed by atoms with Crippen LogP contribution in [0.15, 0.2) is 36.4 Å². The van der Waals surface area contributed by atoms with Gasteiger partial charge in [-0.15, -0.1) is 0 Å². The van der Waals surface area contributed by atoms with E-state index in [2.05, 4.69) is 0 Å². The topological polar surface area (TPSA) is 103 Å². The van der Waals surface area contributed by atoms with Crippen molar-refractivity contribution in [2.75, 3.05) is 63.7 Å². The molecule has 10 nitrogen and oxygen atoms in total. The maximum Gasteiger partial charge on any atom is 0.233 e. The van der Waals surface area contributed by atoms with E-state index in [1.54, 1.807) is 59.8 Å². The first-order chi connectivity index (χ1) is 19.8. The van der Waals surface area contributed by atoms with Gasteiger partial charge in [0.1, 0.15) is 35.5 Å². The lowest BCUT2D eigenvalue weighted by atomic mass is 9.62. The molecule has 0 aliphatic heterocycles. The first-order valence-corrected chi connectivity index (χ1v) is 12.9. The molecule has 0 radical (unpaired) electrons. The third-order valence-electron chi connectivity index (χ3n) is 7.54. The molecule has 0 aromatic heterocycles. The zero-order valence-electron chi connectivity index (χ0n) is 25.0. The fourth-order valence-corrected chi connectivity index (χ4v) is 5.84. The average Bonchev–Trinajstić information content (AvgIpc) is 2.99. The highest BCUT2D eigenvalue weighted by Gasteiger charge is 2.68. The van der Waals surface area contributed by atoms with E-state index in [1.165, 1.54) is 21.3 Å². The van der Waals surface area contributed by atoms with Crippen LogP contribution >= 0.6 is 0 Å². The normalized spacial score (nSPS) is 16.9. The predicted molar refractivity (Wildman–Crippen MR) is 151 cm³/mol. The van der Waals surface area contributed by atoms with Crippen LogP contribution in [0.5, 0.6) is 28.7 Å². The number of hydrogen-bond donors (Lipinski definition) is 1. The largest absolute Gasteiger partial charge is 0.496 e. The Morgan fingerprint density at radius 1 is 0.659 bits per heavy atom. The minimum Gasteiger partial charge on any atom is -0.496 e. The van der Waals surface area contributed by atoms with Crippen LogP contribution in [0.1, 0.15) is 27.8 Å². The molecule has 0 saturated carbocycles. The van der Waals surface area contributed by atoms with Crippen LogP contribution in [0.2, 0.25) is 0 Å². The second-order valence-electron chi connectivity index (χ2n) is 9.43. The molecule has 0 heterocycles. The van der Waals surface area contributed by atoms with Crippen molar-refractivity contribution in [3.63, 3.8) is 0 Å². The van der Waals surface area contributed by atoms with Gasteiger partial charge in [-0.25, -0.2) is 0 Å². The second kappa shape index (κ2) is 12.1. The minimum atomic E-state index is -1.85. The molecule has 0 saturated heterocycles. The highest BCUT2D eigenvalue weighted by molar-refractivity contribution is 5.87. The van der Waals surface area contributed by atoms with E-state index < -0.39 is 11.4 Å². The van der Waals surface area contributed by atoms with Crippen molar-refractivity contribution >= 4 is 0 Å². The molecule has 41 heavy (non-hydrogen) atoms. The number of hydrogen-bond acceptors (Lipinski definition) is 10. The molecular weight excluding hydrogens is 532 g/mol. The molecule has 0 spiro atoms. The Kier molecular flexibility index (Phi) is 9.00. The number of methoxy groups -OCH3 is 8. The summed E-state index contributed by atoms with van der Waals surface area (Å²) in [4.78, 5) is 0.